The van der Waals surface area contributed by atoms with E-state index in [4.69, 9.17) is 0 Å². The SMILES string of the molecule is CNS(=O)(=O)c1ccc2c(c1)CCN2C(=O)c1ccn(-c2ccc([N+](=O)[O-])cc2)n1. The molecule has 4 rings (SSSR count). The largest absolute Gasteiger partial charge is 0.306 e. The Morgan fingerprint density at radius 1 is 1.17 bits per heavy atom. The number of benzene rings is 2. The first kappa shape index (κ1) is 19.7. The van der Waals surface area contributed by atoms with E-state index in [2.05, 4.69) is 9.82 Å². The van der Waals surface area contributed by atoms with Crippen molar-refractivity contribution in [3.8, 4) is 5.69 Å². The van der Waals surface area contributed by atoms with Gasteiger partial charge in [-0.05, 0) is 55.4 Å². The number of nitro groups is 1. The molecule has 0 bridgehead atoms. The second-order valence-corrected chi connectivity index (χ2v) is 8.51. The number of amides is 1. The number of sulfonamides is 1. The van der Waals surface area contributed by atoms with Crippen molar-refractivity contribution in [3.63, 3.8) is 0 Å². The molecule has 0 aliphatic carbocycles. The first-order valence-electron chi connectivity index (χ1n) is 8.99. The Morgan fingerprint density at radius 2 is 1.90 bits per heavy atom. The summed E-state index contributed by atoms with van der Waals surface area (Å²) in [5, 5.41) is 15.1. The highest BCUT2D eigenvalue weighted by Crippen LogP contribution is 2.31. The van der Waals surface area contributed by atoms with Crippen LogP contribution in [-0.4, -0.2) is 42.6 Å². The molecule has 0 saturated carbocycles. The van der Waals surface area contributed by atoms with Crippen LogP contribution in [0.3, 0.4) is 0 Å². The number of aromatic nitrogens is 2. The average Bonchev–Trinajstić information content (AvgIpc) is 3.40. The number of anilines is 1. The Kier molecular flexibility index (Phi) is 4.84. The number of hydrogen-bond donors (Lipinski definition) is 1. The van der Waals surface area contributed by atoms with E-state index >= 15 is 0 Å². The molecular weight excluding hydrogens is 410 g/mol. The lowest BCUT2D eigenvalue weighted by Crippen LogP contribution is -2.29. The second-order valence-electron chi connectivity index (χ2n) is 6.62. The Morgan fingerprint density at radius 3 is 2.57 bits per heavy atom. The molecule has 3 aromatic rings. The van der Waals surface area contributed by atoms with Gasteiger partial charge in [0.15, 0.2) is 5.69 Å². The van der Waals surface area contributed by atoms with Crippen LogP contribution in [0.25, 0.3) is 5.69 Å². The zero-order chi connectivity index (χ0) is 21.5. The van der Waals surface area contributed by atoms with Gasteiger partial charge in [0, 0.05) is 30.6 Å². The van der Waals surface area contributed by atoms with Crippen molar-refractivity contribution < 1.29 is 18.1 Å². The van der Waals surface area contributed by atoms with Crippen LogP contribution in [0.15, 0.2) is 59.6 Å². The highest BCUT2D eigenvalue weighted by Gasteiger charge is 2.28. The first-order valence-corrected chi connectivity index (χ1v) is 10.5. The van der Waals surface area contributed by atoms with Gasteiger partial charge in [0.05, 0.1) is 15.5 Å². The summed E-state index contributed by atoms with van der Waals surface area (Å²) < 4.78 is 27.7. The second kappa shape index (κ2) is 7.35. The Labute approximate surface area is 171 Å². The zero-order valence-electron chi connectivity index (χ0n) is 15.8. The molecule has 1 aliphatic heterocycles. The fraction of sp³-hybridized carbons (Fsp3) is 0.158. The summed E-state index contributed by atoms with van der Waals surface area (Å²) in [6, 6.07) is 12.1. The molecule has 30 heavy (non-hydrogen) atoms. The highest BCUT2D eigenvalue weighted by molar-refractivity contribution is 7.89. The Balaban J connectivity index is 1.58. The lowest BCUT2D eigenvalue weighted by molar-refractivity contribution is -0.384. The maximum atomic E-state index is 13.0. The summed E-state index contributed by atoms with van der Waals surface area (Å²) in [6.07, 6.45) is 2.14. The smallest absolute Gasteiger partial charge is 0.278 e. The summed E-state index contributed by atoms with van der Waals surface area (Å²) in [6.45, 7) is 0.418. The van der Waals surface area contributed by atoms with Crippen LogP contribution in [0.5, 0.6) is 0 Å². The minimum absolute atomic E-state index is 0.0319. The van der Waals surface area contributed by atoms with Crippen LogP contribution in [0.4, 0.5) is 11.4 Å². The third-order valence-corrected chi connectivity index (χ3v) is 6.32. The highest BCUT2D eigenvalue weighted by atomic mass is 32.2. The molecule has 0 saturated heterocycles. The van der Waals surface area contributed by atoms with Crippen molar-refractivity contribution in [1.29, 1.82) is 0 Å². The van der Waals surface area contributed by atoms with Gasteiger partial charge in [-0.1, -0.05) is 0 Å². The number of hydrogen-bond acceptors (Lipinski definition) is 6. The molecule has 1 N–H and O–H groups in total. The van der Waals surface area contributed by atoms with Gasteiger partial charge in [-0.3, -0.25) is 14.9 Å². The van der Waals surface area contributed by atoms with Crippen molar-refractivity contribution >= 4 is 27.3 Å². The zero-order valence-corrected chi connectivity index (χ0v) is 16.7. The van der Waals surface area contributed by atoms with Gasteiger partial charge >= 0.3 is 0 Å². The van der Waals surface area contributed by atoms with Crippen LogP contribution in [0.2, 0.25) is 0 Å². The summed E-state index contributed by atoms with van der Waals surface area (Å²) in [5.74, 6) is -0.307. The number of carbonyl (C=O) groups excluding carboxylic acids is 1. The number of nitrogens with one attached hydrogen (secondary N) is 1. The standard InChI is InChI=1S/C19H17N5O5S/c1-20-30(28,29)16-6-7-18-13(12-16)8-10-22(18)19(25)17-9-11-23(21-17)14-2-4-15(5-3-14)24(26)27/h2-7,9,11-12,20H,8,10H2,1H3. The summed E-state index contributed by atoms with van der Waals surface area (Å²) in [5.41, 5.74) is 2.20. The van der Waals surface area contributed by atoms with Crippen LogP contribution >= 0.6 is 0 Å². The van der Waals surface area contributed by atoms with E-state index in [1.807, 2.05) is 0 Å². The molecule has 1 aliphatic rings. The first-order chi connectivity index (χ1) is 14.3. The van der Waals surface area contributed by atoms with E-state index in [0.717, 1.165) is 5.56 Å². The third kappa shape index (κ3) is 3.44. The van der Waals surface area contributed by atoms with Gasteiger partial charge in [-0.25, -0.2) is 17.8 Å². The van der Waals surface area contributed by atoms with E-state index in [0.29, 0.717) is 24.3 Å². The molecule has 0 atom stereocenters. The van der Waals surface area contributed by atoms with E-state index in [-0.39, 0.29) is 22.2 Å². The van der Waals surface area contributed by atoms with Crippen molar-refractivity contribution in [2.75, 3.05) is 18.5 Å². The van der Waals surface area contributed by atoms with E-state index in [1.165, 1.54) is 29.9 Å². The molecule has 11 heteroatoms. The molecule has 0 fully saturated rings. The predicted molar refractivity (Wildman–Crippen MR) is 108 cm³/mol. The van der Waals surface area contributed by atoms with Gasteiger partial charge in [0.1, 0.15) is 0 Å². The molecular formula is C19H17N5O5S. The number of nitrogens with zero attached hydrogens (tertiary/aromatic N) is 4. The fourth-order valence-electron chi connectivity index (χ4n) is 3.32. The summed E-state index contributed by atoms with van der Waals surface area (Å²) in [4.78, 5) is 25.0. The van der Waals surface area contributed by atoms with E-state index in [9.17, 15) is 23.3 Å². The van der Waals surface area contributed by atoms with Crippen LogP contribution < -0.4 is 9.62 Å². The van der Waals surface area contributed by atoms with Gasteiger partial charge < -0.3 is 4.90 Å². The summed E-state index contributed by atoms with van der Waals surface area (Å²) in [7, 11) is -2.21. The third-order valence-electron chi connectivity index (χ3n) is 4.90. The van der Waals surface area contributed by atoms with E-state index in [1.54, 1.807) is 41.4 Å². The van der Waals surface area contributed by atoms with Gasteiger partial charge in [-0.15, -0.1) is 0 Å². The minimum atomic E-state index is -3.56. The predicted octanol–water partition coefficient (Wildman–Crippen LogP) is 1.89. The maximum Gasteiger partial charge on any atom is 0.278 e. The topological polar surface area (TPSA) is 127 Å². The number of rotatable bonds is 5. The average molecular weight is 427 g/mol. The Hall–Kier alpha value is -3.57. The van der Waals surface area contributed by atoms with Crippen LogP contribution in [0.1, 0.15) is 16.1 Å². The lowest BCUT2D eigenvalue weighted by Gasteiger charge is -2.16. The van der Waals surface area contributed by atoms with Gasteiger partial charge in [-0.2, -0.15) is 5.10 Å². The minimum Gasteiger partial charge on any atom is -0.306 e. The van der Waals surface area contributed by atoms with Crippen molar-refractivity contribution in [3.05, 3.63) is 76.1 Å². The number of nitro benzene ring substituents is 1. The molecule has 154 valence electrons. The van der Waals surface area contributed by atoms with Crippen LogP contribution in [-0.2, 0) is 16.4 Å². The molecule has 10 nitrogen and oxygen atoms in total. The number of fused-ring (bicyclic) bond motifs is 1. The molecule has 2 heterocycles. The molecule has 0 spiro atoms. The maximum absolute atomic E-state index is 13.0. The van der Waals surface area contributed by atoms with Crippen molar-refractivity contribution in [2.24, 2.45) is 0 Å². The monoisotopic (exact) mass is 427 g/mol. The lowest BCUT2D eigenvalue weighted by atomic mass is 10.2. The number of carbonyl (C=O) groups is 1. The fourth-order valence-corrected chi connectivity index (χ4v) is 4.10. The van der Waals surface area contributed by atoms with Crippen molar-refractivity contribution in [1.82, 2.24) is 14.5 Å². The molecule has 2 aromatic carbocycles. The molecule has 0 unspecified atom stereocenters. The normalized spacial score (nSPS) is 13.3. The van der Waals surface area contributed by atoms with Gasteiger partial charge in [0.2, 0.25) is 10.0 Å². The molecule has 1 amide bonds. The van der Waals surface area contributed by atoms with Crippen molar-refractivity contribution in [2.45, 2.75) is 11.3 Å². The Bertz CT molecular complexity index is 1250. The molecule has 1 aromatic heterocycles. The quantitative estimate of drug-likeness (QED) is 0.489. The van der Waals surface area contributed by atoms with Gasteiger partial charge in [0.25, 0.3) is 11.6 Å². The molecule has 0 radical (unpaired) electrons. The summed E-state index contributed by atoms with van der Waals surface area (Å²) >= 11 is 0. The number of non-ortho nitro benzene ring substituents is 1. The van der Waals surface area contributed by atoms with E-state index < -0.39 is 14.9 Å². The van der Waals surface area contributed by atoms with Crippen LogP contribution in [0, 0.1) is 10.1 Å².